The molecule has 0 radical (unpaired) electrons. The van der Waals surface area contributed by atoms with Crippen LogP contribution in [0.5, 0.6) is 5.75 Å². The number of aromatic nitrogens is 3. The third-order valence-corrected chi connectivity index (χ3v) is 3.65. The average Bonchev–Trinajstić information content (AvgIpc) is 2.98. The van der Waals surface area contributed by atoms with Crippen LogP contribution in [-0.2, 0) is 12.8 Å². The third-order valence-electron chi connectivity index (χ3n) is 2.78. The summed E-state index contributed by atoms with van der Waals surface area (Å²) >= 11 is 1.69. The van der Waals surface area contributed by atoms with Crippen LogP contribution in [0.4, 0.5) is 0 Å². The summed E-state index contributed by atoms with van der Waals surface area (Å²) in [6.07, 6.45) is 3.62. The second kappa shape index (κ2) is 4.79. The number of aryl methyl sites for hydroxylation is 1. The van der Waals surface area contributed by atoms with Gasteiger partial charge in [0.2, 0.25) is 0 Å². The van der Waals surface area contributed by atoms with Gasteiger partial charge in [0, 0.05) is 12.2 Å². The van der Waals surface area contributed by atoms with Crippen LogP contribution < -0.4 is 4.74 Å². The van der Waals surface area contributed by atoms with E-state index in [-0.39, 0.29) is 0 Å². The molecule has 1 aromatic heterocycles. The van der Waals surface area contributed by atoms with Crippen LogP contribution in [-0.4, -0.2) is 27.5 Å². The molecule has 0 saturated heterocycles. The fraction of sp³-hybridized carbons (Fsp3) is 0.333. The van der Waals surface area contributed by atoms with Gasteiger partial charge in [-0.05, 0) is 23.6 Å². The van der Waals surface area contributed by atoms with Gasteiger partial charge in [-0.1, -0.05) is 23.9 Å². The first-order valence-corrected chi connectivity index (χ1v) is 6.63. The maximum atomic E-state index is 5.49. The Hall–Kier alpha value is -1.49. The molecular formula is C12H13N3OS. The molecule has 1 N–H and O–H groups in total. The molecule has 2 aromatic rings. The summed E-state index contributed by atoms with van der Waals surface area (Å²) in [7, 11) is 0. The van der Waals surface area contributed by atoms with E-state index in [2.05, 4.69) is 33.4 Å². The molecule has 2 heterocycles. The molecule has 0 atom stereocenters. The molecule has 0 unspecified atom stereocenters. The van der Waals surface area contributed by atoms with E-state index in [0.717, 1.165) is 36.1 Å². The topological polar surface area (TPSA) is 50.8 Å². The molecule has 5 heteroatoms. The third kappa shape index (κ3) is 2.44. The van der Waals surface area contributed by atoms with Crippen molar-refractivity contribution in [2.45, 2.75) is 18.0 Å². The molecule has 1 aliphatic heterocycles. The van der Waals surface area contributed by atoms with Gasteiger partial charge in [-0.2, -0.15) is 5.10 Å². The average molecular weight is 247 g/mol. The Kier molecular flexibility index (Phi) is 3.00. The number of thioether (sulfide) groups is 1. The Labute approximate surface area is 104 Å². The molecule has 0 amide bonds. The smallest absolute Gasteiger partial charge is 0.183 e. The molecule has 0 spiro atoms. The lowest BCUT2D eigenvalue weighted by Gasteiger charge is -2.03. The van der Waals surface area contributed by atoms with E-state index < -0.39 is 0 Å². The van der Waals surface area contributed by atoms with Gasteiger partial charge in [0.15, 0.2) is 5.16 Å². The van der Waals surface area contributed by atoms with Crippen molar-refractivity contribution >= 4 is 11.8 Å². The van der Waals surface area contributed by atoms with Crippen molar-refractivity contribution in [2.24, 2.45) is 0 Å². The van der Waals surface area contributed by atoms with E-state index in [1.54, 1.807) is 11.8 Å². The molecule has 0 saturated carbocycles. The predicted molar refractivity (Wildman–Crippen MR) is 66.5 cm³/mol. The Balaban J connectivity index is 1.58. The molecule has 0 aliphatic carbocycles. The van der Waals surface area contributed by atoms with Crippen LogP contribution in [0, 0.1) is 0 Å². The van der Waals surface area contributed by atoms with E-state index in [9.17, 15) is 0 Å². The Morgan fingerprint density at radius 1 is 1.41 bits per heavy atom. The number of nitrogens with zero attached hydrogens (tertiary/aromatic N) is 2. The second-order valence-electron chi connectivity index (χ2n) is 3.93. The minimum Gasteiger partial charge on any atom is -0.493 e. The minimum absolute atomic E-state index is 0.825. The van der Waals surface area contributed by atoms with Crippen molar-refractivity contribution in [3.63, 3.8) is 0 Å². The minimum atomic E-state index is 0.825. The standard InChI is InChI=1S/C12H13N3OS/c1-2-11-10(3-5-16-11)7-9(1)4-6-17-12-13-8-14-15-12/h1-2,7-8H,3-6H2,(H,13,14,15). The van der Waals surface area contributed by atoms with Gasteiger partial charge in [-0.15, -0.1) is 0 Å². The summed E-state index contributed by atoms with van der Waals surface area (Å²) in [6.45, 7) is 0.825. The fourth-order valence-corrected chi connectivity index (χ4v) is 2.69. The van der Waals surface area contributed by atoms with E-state index >= 15 is 0 Å². The largest absolute Gasteiger partial charge is 0.493 e. The zero-order valence-corrected chi connectivity index (χ0v) is 10.2. The van der Waals surface area contributed by atoms with E-state index in [1.165, 1.54) is 17.5 Å². The second-order valence-corrected chi connectivity index (χ2v) is 5.01. The summed E-state index contributed by atoms with van der Waals surface area (Å²) < 4.78 is 5.49. The van der Waals surface area contributed by atoms with Gasteiger partial charge in [-0.25, -0.2) is 4.98 Å². The van der Waals surface area contributed by atoms with Gasteiger partial charge in [0.25, 0.3) is 0 Å². The van der Waals surface area contributed by atoms with Gasteiger partial charge in [0.05, 0.1) is 6.61 Å². The van der Waals surface area contributed by atoms with Crippen LogP contribution in [0.2, 0.25) is 0 Å². The zero-order chi connectivity index (χ0) is 11.5. The number of fused-ring (bicyclic) bond motifs is 1. The molecular weight excluding hydrogens is 234 g/mol. The lowest BCUT2D eigenvalue weighted by Crippen LogP contribution is -1.90. The highest BCUT2D eigenvalue weighted by Crippen LogP contribution is 2.26. The highest BCUT2D eigenvalue weighted by Gasteiger charge is 2.11. The maximum absolute atomic E-state index is 5.49. The predicted octanol–water partition coefficient (Wildman–Crippen LogP) is 2.07. The molecule has 1 aromatic carbocycles. The number of rotatable bonds is 4. The molecule has 17 heavy (non-hydrogen) atoms. The van der Waals surface area contributed by atoms with Crippen LogP contribution >= 0.6 is 11.8 Å². The van der Waals surface area contributed by atoms with Crippen molar-refractivity contribution in [3.8, 4) is 5.75 Å². The van der Waals surface area contributed by atoms with Crippen molar-refractivity contribution in [1.82, 2.24) is 15.2 Å². The number of H-pyrrole nitrogens is 1. The summed E-state index contributed by atoms with van der Waals surface area (Å²) in [5, 5.41) is 7.55. The van der Waals surface area contributed by atoms with Crippen molar-refractivity contribution in [3.05, 3.63) is 35.7 Å². The lowest BCUT2D eigenvalue weighted by atomic mass is 10.1. The summed E-state index contributed by atoms with van der Waals surface area (Å²) in [5.41, 5.74) is 2.70. The normalized spacial score (nSPS) is 13.4. The van der Waals surface area contributed by atoms with Crippen LogP contribution in [0.3, 0.4) is 0 Å². The van der Waals surface area contributed by atoms with Gasteiger partial charge in [0.1, 0.15) is 12.1 Å². The summed E-state index contributed by atoms with van der Waals surface area (Å²) in [4.78, 5) is 4.08. The molecule has 1 aliphatic rings. The van der Waals surface area contributed by atoms with Crippen LogP contribution in [0.25, 0.3) is 0 Å². The number of nitrogens with one attached hydrogen (secondary N) is 1. The molecule has 3 rings (SSSR count). The fourth-order valence-electron chi connectivity index (χ4n) is 1.92. The van der Waals surface area contributed by atoms with Crippen molar-refractivity contribution < 1.29 is 4.74 Å². The molecule has 0 bridgehead atoms. The van der Waals surface area contributed by atoms with Gasteiger partial charge < -0.3 is 4.74 Å². The number of hydrogen-bond acceptors (Lipinski definition) is 4. The Bertz CT molecular complexity index is 498. The molecule has 4 nitrogen and oxygen atoms in total. The number of ether oxygens (including phenoxy) is 1. The SMILES string of the molecule is c1n[nH]c(SCCc2ccc3c(c2)CCO3)n1. The lowest BCUT2D eigenvalue weighted by molar-refractivity contribution is 0.357. The van der Waals surface area contributed by atoms with Crippen molar-refractivity contribution in [2.75, 3.05) is 12.4 Å². The first-order valence-electron chi connectivity index (χ1n) is 5.64. The Morgan fingerprint density at radius 2 is 2.41 bits per heavy atom. The van der Waals surface area contributed by atoms with Gasteiger partial charge >= 0.3 is 0 Å². The van der Waals surface area contributed by atoms with Crippen molar-refractivity contribution in [1.29, 1.82) is 0 Å². The first-order chi connectivity index (χ1) is 8.42. The molecule has 0 fully saturated rings. The van der Waals surface area contributed by atoms with E-state index in [4.69, 9.17) is 4.74 Å². The highest BCUT2D eigenvalue weighted by atomic mass is 32.2. The maximum Gasteiger partial charge on any atom is 0.183 e. The summed E-state index contributed by atoms with van der Waals surface area (Å²) in [5.74, 6) is 2.06. The van der Waals surface area contributed by atoms with Crippen LogP contribution in [0.1, 0.15) is 11.1 Å². The van der Waals surface area contributed by atoms with E-state index in [1.807, 2.05) is 0 Å². The van der Waals surface area contributed by atoms with E-state index in [0.29, 0.717) is 0 Å². The Morgan fingerprint density at radius 3 is 3.29 bits per heavy atom. The molecule has 88 valence electrons. The summed E-state index contributed by atoms with van der Waals surface area (Å²) in [6, 6.07) is 6.48. The number of aromatic amines is 1. The van der Waals surface area contributed by atoms with Gasteiger partial charge in [-0.3, -0.25) is 5.10 Å². The first kappa shape index (κ1) is 10.7. The highest BCUT2D eigenvalue weighted by molar-refractivity contribution is 7.99. The number of hydrogen-bond donors (Lipinski definition) is 1. The quantitative estimate of drug-likeness (QED) is 0.840. The zero-order valence-electron chi connectivity index (χ0n) is 9.35. The monoisotopic (exact) mass is 247 g/mol. The van der Waals surface area contributed by atoms with Crippen LogP contribution in [0.15, 0.2) is 29.7 Å². The number of benzene rings is 1.